The molecule has 0 spiro atoms. The summed E-state index contributed by atoms with van der Waals surface area (Å²) in [6.45, 7) is 7.07. The number of benzene rings is 1. The molecule has 2 aromatic heterocycles. The molecule has 11 heteroatoms. The summed E-state index contributed by atoms with van der Waals surface area (Å²) in [5, 5.41) is 1.38. The summed E-state index contributed by atoms with van der Waals surface area (Å²) in [5.74, 6) is -1.38. The second-order valence-electron chi connectivity index (χ2n) is 9.15. The van der Waals surface area contributed by atoms with E-state index in [9.17, 15) is 18.6 Å². The van der Waals surface area contributed by atoms with Gasteiger partial charge in [-0.2, -0.15) is 0 Å². The molecular formula is C25H27F3N6O2. The molecule has 2 atom stereocenters. The Balaban J connectivity index is 1.81. The van der Waals surface area contributed by atoms with Gasteiger partial charge in [-0.05, 0) is 56.9 Å². The Hall–Kier alpha value is -3.86. The fourth-order valence-electron chi connectivity index (χ4n) is 4.42. The second-order valence-corrected chi connectivity index (χ2v) is 9.15. The van der Waals surface area contributed by atoms with E-state index >= 15 is 4.39 Å². The van der Waals surface area contributed by atoms with Crippen LogP contribution in [0.2, 0.25) is 0 Å². The number of aromatic nitrogens is 2. The van der Waals surface area contributed by atoms with Crippen molar-refractivity contribution >= 4 is 23.0 Å². The summed E-state index contributed by atoms with van der Waals surface area (Å²) in [5.41, 5.74) is 0.172. The minimum atomic E-state index is -1.29. The van der Waals surface area contributed by atoms with Gasteiger partial charge in [0, 0.05) is 61.0 Å². The molecule has 1 fully saturated rings. The Morgan fingerprint density at radius 2 is 1.83 bits per heavy atom. The number of anilines is 3. The first-order valence-electron chi connectivity index (χ1n) is 11.4. The predicted molar refractivity (Wildman–Crippen MR) is 133 cm³/mol. The van der Waals surface area contributed by atoms with Gasteiger partial charge in [0.25, 0.3) is 5.91 Å². The average molecular weight is 501 g/mol. The van der Waals surface area contributed by atoms with E-state index in [2.05, 4.69) is 20.2 Å². The zero-order valence-electron chi connectivity index (χ0n) is 20.3. The van der Waals surface area contributed by atoms with E-state index in [-0.39, 0.29) is 23.3 Å². The van der Waals surface area contributed by atoms with Gasteiger partial charge in [-0.15, -0.1) is 0 Å². The molecule has 1 aliphatic rings. The van der Waals surface area contributed by atoms with Gasteiger partial charge < -0.3 is 15.2 Å². The van der Waals surface area contributed by atoms with E-state index in [0.717, 1.165) is 11.8 Å². The number of hydrogen-bond donors (Lipinski definition) is 2. The number of pyridine rings is 2. The number of aromatic amines is 1. The third-order valence-electron chi connectivity index (χ3n) is 6.55. The highest BCUT2D eigenvalue weighted by atomic mass is 19.4. The summed E-state index contributed by atoms with van der Waals surface area (Å²) in [7, 11) is 2.02. The maximum Gasteiger partial charge on any atom is 0.259 e. The van der Waals surface area contributed by atoms with Crippen LogP contribution in [0, 0.1) is 12.7 Å². The van der Waals surface area contributed by atoms with Crippen LogP contribution in [0.25, 0.3) is 11.1 Å². The minimum absolute atomic E-state index is 0.151. The molecule has 190 valence electrons. The average Bonchev–Trinajstić information content (AvgIpc) is 2.82. The Kier molecular flexibility index (Phi) is 7.02. The second kappa shape index (κ2) is 10.0. The Morgan fingerprint density at radius 3 is 2.47 bits per heavy atom. The number of amides is 1. The van der Waals surface area contributed by atoms with Crippen LogP contribution in [0.4, 0.5) is 30.4 Å². The van der Waals surface area contributed by atoms with Crippen LogP contribution in [-0.4, -0.2) is 53.0 Å². The monoisotopic (exact) mass is 500 g/mol. The smallest absolute Gasteiger partial charge is 0.259 e. The maximum absolute atomic E-state index is 15.4. The summed E-state index contributed by atoms with van der Waals surface area (Å²) in [6, 6.07) is 5.54. The first kappa shape index (κ1) is 25.2. The van der Waals surface area contributed by atoms with E-state index in [4.69, 9.17) is 0 Å². The standard InChI is InChI=1S/C25H27F3N6O2/c1-14-5-17(10-29-9-14)18-6-21(31-25(36)19-11-30-24(35)8-22(19)34(27)28)23(7-20(18)26)33-12-15(2)32(4)16(3)13-33/h5-11,15-16H,12-13H2,1-4H3,(H,30,35)(H,31,36). The van der Waals surface area contributed by atoms with Crippen molar-refractivity contribution in [2.24, 2.45) is 0 Å². The van der Waals surface area contributed by atoms with Crippen LogP contribution in [0.15, 0.2) is 47.7 Å². The molecule has 1 aliphatic heterocycles. The number of carbonyl (C=O) groups excluding carboxylic acids is 1. The van der Waals surface area contributed by atoms with E-state index in [1.165, 1.54) is 18.3 Å². The highest BCUT2D eigenvalue weighted by Gasteiger charge is 2.29. The predicted octanol–water partition coefficient (Wildman–Crippen LogP) is 4.24. The molecule has 36 heavy (non-hydrogen) atoms. The zero-order chi connectivity index (χ0) is 26.1. The molecule has 3 aromatic rings. The molecule has 1 aromatic carbocycles. The van der Waals surface area contributed by atoms with E-state index in [1.54, 1.807) is 12.3 Å². The van der Waals surface area contributed by atoms with E-state index in [1.807, 2.05) is 32.7 Å². The first-order chi connectivity index (χ1) is 17.0. The minimum Gasteiger partial charge on any atom is -0.367 e. The lowest BCUT2D eigenvalue weighted by Crippen LogP contribution is -2.55. The third kappa shape index (κ3) is 5.06. The van der Waals surface area contributed by atoms with Crippen molar-refractivity contribution in [2.45, 2.75) is 32.9 Å². The number of nitrogens with zero attached hydrogens (tertiary/aromatic N) is 4. The van der Waals surface area contributed by atoms with E-state index in [0.29, 0.717) is 30.4 Å². The molecule has 1 saturated heterocycles. The number of rotatable bonds is 5. The number of aryl methyl sites for hydroxylation is 1. The number of H-pyrrole nitrogens is 1. The Bertz CT molecular complexity index is 1330. The lowest BCUT2D eigenvalue weighted by atomic mass is 10.0. The summed E-state index contributed by atoms with van der Waals surface area (Å²) < 4.78 is 42.2. The van der Waals surface area contributed by atoms with Gasteiger partial charge in [-0.25, -0.2) is 4.39 Å². The zero-order valence-corrected chi connectivity index (χ0v) is 20.3. The van der Waals surface area contributed by atoms with Gasteiger partial charge in [0.1, 0.15) is 11.5 Å². The van der Waals surface area contributed by atoms with Gasteiger partial charge in [0.05, 0.1) is 16.9 Å². The molecule has 0 aliphatic carbocycles. The number of likely N-dealkylation sites (N-methyl/N-ethyl adjacent to an activating group) is 1. The molecule has 2 unspecified atom stereocenters. The molecule has 3 heterocycles. The number of carbonyl (C=O) groups is 1. The molecule has 0 bridgehead atoms. The van der Waals surface area contributed by atoms with Crippen LogP contribution in [0.5, 0.6) is 0 Å². The van der Waals surface area contributed by atoms with Crippen LogP contribution >= 0.6 is 0 Å². The molecule has 0 saturated carbocycles. The first-order valence-corrected chi connectivity index (χ1v) is 11.4. The Labute approximate surface area is 206 Å². The van der Waals surface area contributed by atoms with Gasteiger partial charge >= 0.3 is 0 Å². The van der Waals surface area contributed by atoms with Crippen molar-refractivity contribution in [1.82, 2.24) is 14.9 Å². The Morgan fingerprint density at radius 1 is 1.14 bits per heavy atom. The quantitative estimate of drug-likeness (QED) is 0.510. The number of nitrogens with one attached hydrogen (secondary N) is 2. The maximum atomic E-state index is 15.4. The highest BCUT2D eigenvalue weighted by molar-refractivity contribution is 6.09. The molecule has 0 radical (unpaired) electrons. The van der Waals surface area contributed by atoms with Crippen molar-refractivity contribution in [3.63, 3.8) is 0 Å². The van der Waals surface area contributed by atoms with Crippen molar-refractivity contribution in [1.29, 1.82) is 0 Å². The number of piperazine rings is 1. The normalized spacial score (nSPS) is 18.2. The molecular weight excluding hydrogens is 473 g/mol. The molecule has 2 N–H and O–H groups in total. The topological polar surface area (TPSA) is 84.6 Å². The molecule has 4 rings (SSSR count). The van der Waals surface area contributed by atoms with Crippen molar-refractivity contribution in [3.05, 3.63) is 70.2 Å². The largest absolute Gasteiger partial charge is 0.367 e. The number of hydrogen-bond acceptors (Lipinski definition) is 6. The SMILES string of the molecule is Cc1cncc(-c2cc(NC(=O)c3c[nH]c(=O)cc3N(F)F)c(N3CC(C)N(C)C(C)C3)cc2F)c1. The van der Waals surface area contributed by atoms with Crippen molar-refractivity contribution in [2.75, 3.05) is 35.7 Å². The highest BCUT2D eigenvalue weighted by Crippen LogP contribution is 2.36. The van der Waals surface area contributed by atoms with Crippen LogP contribution in [-0.2, 0) is 0 Å². The number of halogens is 3. The molecule has 8 nitrogen and oxygen atoms in total. The van der Waals surface area contributed by atoms with Gasteiger partial charge in [-0.3, -0.25) is 19.5 Å². The lowest BCUT2D eigenvalue weighted by molar-refractivity contribution is 0.102. The van der Waals surface area contributed by atoms with Gasteiger partial charge in [-0.1, -0.05) is 8.96 Å². The summed E-state index contributed by atoms with van der Waals surface area (Å²) in [6.07, 6.45) is 4.08. The lowest BCUT2D eigenvalue weighted by Gasteiger charge is -2.44. The molecule has 1 amide bonds. The summed E-state index contributed by atoms with van der Waals surface area (Å²) in [4.78, 5) is 35.2. The third-order valence-corrected chi connectivity index (χ3v) is 6.55. The fourth-order valence-corrected chi connectivity index (χ4v) is 4.42. The van der Waals surface area contributed by atoms with Crippen LogP contribution in [0.1, 0.15) is 29.8 Å². The van der Waals surface area contributed by atoms with Crippen molar-refractivity contribution in [3.8, 4) is 11.1 Å². The van der Waals surface area contributed by atoms with Gasteiger partial charge in [0.15, 0.2) is 0 Å². The van der Waals surface area contributed by atoms with Gasteiger partial charge in [0.2, 0.25) is 5.56 Å². The van der Waals surface area contributed by atoms with Crippen molar-refractivity contribution < 1.29 is 18.1 Å². The van der Waals surface area contributed by atoms with E-state index < -0.39 is 33.9 Å². The van der Waals surface area contributed by atoms with Crippen LogP contribution < -0.4 is 21.1 Å². The summed E-state index contributed by atoms with van der Waals surface area (Å²) >= 11 is 0. The van der Waals surface area contributed by atoms with Crippen LogP contribution in [0.3, 0.4) is 0 Å². The fraction of sp³-hybridized carbons (Fsp3) is 0.320.